The Hall–Kier alpha value is -3.34. The molecule has 0 bridgehead atoms. The number of ether oxygens (including phenoxy) is 3. The van der Waals surface area contributed by atoms with Gasteiger partial charge in [0.25, 0.3) is 10.1 Å². The lowest BCUT2D eigenvalue weighted by molar-refractivity contribution is 0.0523. The maximum atomic E-state index is 13.2. The van der Waals surface area contributed by atoms with Crippen LogP contribution in [0.2, 0.25) is 5.02 Å². The van der Waals surface area contributed by atoms with Crippen molar-refractivity contribution in [3.05, 3.63) is 81.1 Å². The number of pyridine rings is 1. The molecule has 210 valence electrons. The summed E-state index contributed by atoms with van der Waals surface area (Å²) in [6.07, 6.45) is 2.32. The van der Waals surface area contributed by atoms with Crippen molar-refractivity contribution < 1.29 is 31.6 Å². The fourth-order valence-electron chi connectivity index (χ4n) is 3.94. The molecular weight excluding hydrogens is 546 g/mol. The molecule has 1 aromatic heterocycles. The number of methoxy groups -OCH3 is 1. The van der Waals surface area contributed by atoms with E-state index in [1.807, 2.05) is 44.2 Å². The monoisotopic (exact) mass is 577 g/mol. The number of nitrogens with zero attached hydrogens (tertiary/aromatic N) is 1. The minimum absolute atomic E-state index is 0.0797. The number of carbonyl (C=O) groups excluding carboxylic acids is 1. The number of benzene rings is 2. The Bertz CT molecular complexity index is 1470. The summed E-state index contributed by atoms with van der Waals surface area (Å²) in [5, 5.41) is 0.265. The average Bonchev–Trinajstić information content (AvgIpc) is 2.88. The SMILES string of the molecule is CCOC(=O)c1cn([C@@H](COS(C)(=O)=O)C(C)C)c(-c2cc(Cl)c(OC)cc2OCc2ccccc2)cc1=O. The van der Waals surface area contributed by atoms with Gasteiger partial charge in [0.1, 0.15) is 23.7 Å². The molecular formula is C28H32ClNO8S. The summed E-state index contributed by atoms with van der Waals surface area (Å²) >= 11 is 6.50. The first kappa shape index (κ1) is 30.2. The van der Waals surface area contributed by atoms with Crippen LogP contribution in [0.1, 0.15) is 42.7 Å². The van der Waals surface area contributed by atoms with Crippen LogP contribution in [0.4, 0.5) is 0 Å². The molecule has 3 rings (SSSR count). The first-order valence-electron chi connectivity index (χ1n) is 12.3. The molecule has 0 aliphatic rings. The van der Waals surface area contributed by atoms with E-state index in [9.17, 15) is 18.0 Å². The van der Waals surface area contributed by atoms with E-state index >= 15 is 0 Å². The summed E-state index contributed by atoms with van der Waals surface area (Å²) < 4.78 is 47.1. The average molecular weight is 578 g/mol. The van der Waals surface area contributed by atoms with Gasteiger partial charge in [0, 0.05) is 23.9 Å². The molecule has 0 N–H and O–H groups in total. The van der Waals surface area contributed by atoms with Crippen molar-refractivity contribution in [2.24, 2.45) is 5.92 Å². The largest absolute Gasteiger partial charge is 0.495 e. The van der Waals surface area contributed by atoms with Crippen molar-refractivity contribution >= 4 is 27.7 Å². The van der Waals surface area contributed by atoms with E-state index in [1.165, 1.54) is 19.4 Å². The Morgan fingerprint density at radius 1 is 1.08 bits per heavy atom. The summed E-state index contributed by atoms with van der Waals surface area (Å²) in [6.45, 7) is 5.44. The number of rotatable bonds is 12. The van der Waals surface area contributed by atoms with Gasteiger partial charge in [0.2, 0.25) is 0 Å². The van der Waals surface area contributed by atoms with Gasteiger partial charge in [-0.05, 0) is 24.5 Å². The lowest BCUT2D eigenvalue weighted by Crippen LogP contribution is -2.28. The molecule has 0 saturated heterocycles. The molecule has 0 fully saturated rings. The van der Waals surface area contributed by atoms with Crippen LogP contribution in [-0.4, -0.2) is 45.5 Å². The molecule has 0 aliphatic carbocycles. The molecule has 39 heavy (non-hydrogen) atoms. The van der Waals surface area contributed by atoms with Gasteiger partial charge in [-0.1, -0.05) is 55.8 Å². The van der Waals surface area contributed by atoms with Gasteiger partial charge in [-0.2, -0.15) is 8.42 Å². The normalized spacial score (nSPS) is 12.3. The lowest BCUT2D eigenvalue weighted by atomic mass is 10.0. The van der Waals surface area contributed by atoms with Crippen LogP contribution in [0.3, 0.4) is 0 Å². The standard InChI is InChI=1S/C28H32ClNO8S/c1-6-36-28(32)21-15-30(24(18(2)3)17-38-39(5,33)34)23(13-25(21)31)20-12-22(29)27(35-4)14-26(20)37-16-19-10-8-7-9-11-19/h7-15,18,24H,6,16-17H2,1-5H3/t24-/m0/s1. The zero-order chi connectivity index (χ0) is 28.7. The molecule has 3 aromatic rings. The Kier molecular flexibility index (Phi) is 10.2. The smallest absolute Gasteiger partial charge is 0.343 e. The Morgan fingerprint density at radius 2 is 1.77 bits per heavy atom. The second-order valence-electron chi connectivity index (χ2n) is 9.12. The van der Waals surface area contributed by atoms with Crippen LogP contribution in [0.25, 0.3) is 11.3 Å². The van der Waals surface area contributed by atoms with E-state index in [-0.39, 0.29) is 36.3 Å². The maximum absolute atomic E-state index is 13.2. The molecule has 1 heterocycles. The fourth-order valence-corrected chi connectivity index (χ4v) is 4.56. The van der Waals surface area contributed by atoms with Crippen LogP contribution in [0, 0.1) is 5.92 Å². The molecule has 0 spiro atoms. The number of aromatic nitrogens is 1. The highest BCUT2D eigenvalue weighted by Crippen LogP contribution is 2.40. The highest BCUT2D eigenvalue weighted by molar-refractivity contribution is 7.85. The van der Waals surface area contributed by atoms with E-state index in [2.05, 4.69) is 0 Å². The van der Waals surface area contributed by atoms with Gasteiger partial charge >= 0.3 is 5.97 Å². The number of halogens is 1. The highest BCUT2D eigenvalue weighted by Gasteiger charge is 2.26. The topological polar surface area (TPSA) is 110 Å². The number of esters is 1. The molecule has 0 aliphatic heterocycles. The van der Waals surface area contributed by atoms with Crippen molar-refractivity contribution in [3.63, 3.8) is 0 Å². The van der Waals surface area contributed by atoms with Gasteiger partial charge < -0.3 is 18.8 Å². The van der Waals surface area contributed by atoms with Crippen molar-refractivity contribution in [2.75, 3.05) is 26.6 Å². The van der Waals surface area contributed by atoms with Gasteiger partial charge in [0.15, 0.2) is 5.43 Å². The molecule has 0 saturated carbocycles. The zero-order valence-electron chi connectivity index (χ0n) is 22.5. The summed E-state index contributed by atoms with van der Waals surface area (Å²) in [7, 11) is -2.30. The van der Waals surface area contributed by atoms with Crippen molar-refractivity contribution in [1.29, 1.82) is 0 Å². The molecule has 0 unspecified atom stereocenters. The third kappa shape index (κ3) is 7.84. The van der Waals surface area contributed by atoms with Crippen molar-refractivity contribution in [3.8, 4) is 22.8 Å². The molecule has 11 heteroatoms. The summed E-state index contributed by atoms with van der Waals surface area (Å²) in [5.41, 5.74) is 0.920. The fraction of sp³-hybridized carbons (Fsp3) is 0.357. The Morgan fingerprint density at radius 3 is 2.36 bits per heavy atom. The third-order valence-corrected chi connectivity index (χ3v) is 6.78. The highest BCUT2D eigenvalue weighted by atomic mass is 35.5. The lowest BCUT2D eigenvalue weighted by Gasteiger charge is -2.28. The first-order chi connectivity index (χ1) is 18.4. The second-order valence-corrected chi connectivity index (χ2v) is 11.2. The van der Waals surface area contributed by atoms with Crippen molar-refractivity contribution in [2.45, 2.75) is 33.4 Å². The molecule has 0 radical (unpaired) electrons. The van der Waals surface area contributed by atoms with Crippen LogP contribution in [0.5, 0.6) is 11.5 Å². The van der Waals surface area contributed by atoms with E-state index in [0.717, 1.165) is 11.8 Å². The number of carbonyl (C=O) groups is 1. The van der Waals surface area contributed by atoms with Crippen molar-refractivity contribution in [1.82, 2.24) is 4.57 Å². The minimum atomic E-state index is -3.77. The molecule has 2 aromatic carbocycles. The predicted octanol–water partition coefficient (Wildman–Crippen LogP) is 5.11. The molecule has 0 amide bonds. The number of hydrogen-bond acceptors (Lipinski definition) is 8. The Balaban J connectivity index is 2.26. The van der Waals surface area contributed by atoms with Crippen LogP contribution >= 0.6 is 11.6 Å². The quantitative estimate of drug-likeness (QED) is 0.216. The van der Waals surface area contributed by atoms with E-state index in [1.54, 1.807) is 23.6 Å². The number of hydrogen-bond donors (Lipinski definition) is 0. The first-order valence-corrected chi connectivity index (χ1v) is 14.5. The third-order valence-electron chi connectivity index (χ3n) is 5.92. The van der Waals surface area contributed by atoms with Gasteiger partial charge in [-0.15, -0.1) is 0 Å². The predicted molar refractivity (Wildman–Crippen MR) is 149 cm³/mol. The summed E-state index contributed by atoms with van der Waals surface area (Å²) in [5.74, 6) is -0.238. The van der Waals surface area contributed by atoms with E-state index in [0.29, 0.717) is 22.8 Å². The minimum Gasteiger partial charge on any atom is -0.495 e. The van der Waals surface area contributed by atoms with Crippen LogP contribution in [0.15, 0.2) is 59.5 Å². The maximum Gasteiger partial charge on any atom is 0.343 e. The molecule has 1 atom stereocenters. The summed E-state index contributed by atoms with van der Waals surface area (Å²) in [6, 6.07) is 13.4. The molecule has 9 nitrogen and oxygen atoms in total. The van der Waals surface area contributed by atoms with Gasteiger partial charge in [-0.3, -0.25) is 8.98 Å². The van der Waals surface area contributed by atoms with Crippen LogP contribution < -0.4 is 14.9 Å². The van der Waals surface area contributed by atoms with E-state index in [4.69, 9.17) is 30.0 Å². The van der Waals surface area contributed by atoms with Gasteiger partial charge in [0.05, 0.1) is 43.3 Å². The summed E-state index contributed by atoms with van der Waals surface area (Å²) in [4.78, 5) is 25.8. The Labute approximate surface area is 233 Å². The van der Waals surface area contributed by atoms with Gasteiger partial charge in [-0.25, -0.2) is 4.79 Å². The van der Waals surface area contributed by atoms with E-state index < -0.39 is 27.6 Å². The zero-order valence-corrected chi connectivity index (χ0v) is 24.0. The van der Waals surface area contributed by atoms with Crippen LogP contribution in [-0.2, 0) is 25.6 Å². The second kappa shape index (κ2) is 13.1.